The predicted molar refractivity (Wildman–Crippen MR) is 78.2 cm³/mol. The highest BCUT2D eigenvalue weighted by Gasteiger charge is 2.12. The number of carbonyl (C=O) groups is 1. The normalized spacial score (nSPS) is 11.4. The Hall–Kier alpha value is -1.47. The van der Waals surface area contributed by atoms with E-state index in [2.05, 4.69) is 11.9 Å². The number of aliphatic carboxylic acids is 1. The van der Waals surface area contributed by atoms with Crippen LogP contribution in [0.2, 0.25) is 0 Å². The third-order valence-corrected chi connectivity index (χ3v) is 3.94. The van der Waals surface area contributed by atoms with Gasteiger partial charge in [-0.05, 0) is 11.8 Å². The highest BCUT2D eigenvalue weighted by atomic mass is 32.2. The molecule has 1 N–H and O–H groups in total. The fourth-order valence-corrected chi connectivity index (χ4v) is 2.74. The van der Waals surface area contributed by atoms with E-state index >= 15 is 0 Å². The molecule has 0 aliphatic carbocycles. The van der Waals surface area contributed by atoms with Gasteiger partial charge >= 0.3 is 5.97 Å². The molecule has 0 radical (unpaired) electrons. The molecule has 0 saturated carbocycles. The van der Waals surface area contributed by atoms with Crippen LogP contribution in [0.5, 0.6) is 5.88 Å². The summed E-state index contributed by atoms with van der Waals surface area (Å²) in [7, 11) is 0. The Bertz CT molecular complexity index is 589. The molecule has 0 amide bonds. The molecule has 2 aromatic rings. The second-order valence-corrected chi connectivity index (χ2v) is 5.84. The molecule has 2 rings (SSSR count). The van der Waals surface area contributed by atoms with Gasteiger partial charge in [0.05, 0.1) is 6.61 Å². The molecular weight excluding hydrogens is 284 g/mol. The van der Waals surface area contributed by atoms with Crippen LogP contribution in [0.4, 0.5) is 0 Å². The first kappa shape index (κ1) is 14.0. The topological polar surface area (TPSA) is 63.8 Å². The van der Waals surface area contributed by atoms with Gasteiger partial charge in [-0.1, -0.05) is 6.92 Å². The highest BCUT2D eigenvalue weighted by Crippen LogP contribution is 2.24. The number of carboxylic acids is 1. The molecule has 0 spiro atoms. The number of thiazole rings is 1. The van der Waals surface area contributed by atoms with Gasteiger partial charge in [0, 0.05) is 23.4 Å². The smallest absolute Gasteiger partial charge is 0.328 e. The Labute approximate surface area is 118 Å². The predicted octanol–water partition coefficient (Wildman–Crippen LogP) is 2.63. The number of rotatable bonds is 7. The molecule has 0 aromatic carbocycles. The molecule has 102 valence electrons. The second-order valence-electron chi connectivity index (χ2n) is 3.57. The first-order valence-corrected chi connectivity index (χ1v) is 7.83. The lowest BCUT2D eigenvalue weighted by molar-refractivity contribution is -0.131. The number of hydrogen-bond donors (Lipinski definition) is 1. The molecule has 19 heavy (non-hydrogen) atoms. The quantitative estimate of drug-likeness (QED) is 0.629. The van der Waals surface area contributed by atoms with Crippen LogP contribution in [0.3, 0.4) is 0 Å². The molecule has 5 nitrogen and oxygen atoms in total. The average molecular weight is 298 g/mol. The van der Waals surface area contributed by atoms with Crippen molar-refractivity contribution in [1.29, 1.82) is 0 Å². The van der Waals surface area contributed by atoms with Gasteiger partial charge in [0.25, 0.3) is 0 Å². The highest BCUT2D eigenvalue weighted by molar-refractivity contribution is 7.99. The van der Waals surface area contributed by atoms with Crippen LogP contribution in [0.1, 0.15) is 12.6 Å². The van der Waals surface area contributed by atoms with Crippen LogP contribution in [-0.2, 0) is 4.79 Å². The third-order valence-electron chi connectivity index (χ3n) is 2.32. The van der Waals surface area contributed by atoms with Crippen molar-refractivity contribution in [3.05, 3.63) is 23.3 Å². The summed E-state index contributed by atoms with van der Waals surface area (Å²) in [5.41, 5.74) is 0.667. The van der Waals surface area contributed by atoms with Crippen LogP contribution >= 0.6 is 23.1 Å². The first-order chi connectivity index (χ1) is 9.22. The fraction of sp³-hybridized carbons (Fsp3) is 0.333. The van der Waals surface area contributed by atoms with Crippen molar-refractivity contribution in [2.75, 3.05) is 18.1 Å². The Morgan fingerprint density at radius 1 is 1.68 bits per heavy atom. The Morgan fingerprint density at radius 2 is 2.53 bits per heavy atom. The number of imidazole rings is 1. The maximum Gasteiger partial charge on any atom is 0.328 e. The van der Waals surface area contributed by atoms with E-state index in [1.54, 1.807) is 11.8 Å². The van der Waals surface area contributed by atoms with Crippen molar-refractivity contribution in [3.8, 4) is 5.88 Å². The summed E-state index contributed by atoms with van der Waals surface area (Å²) in [6.07, 6.45) is 4.45. The Kier molecular flexibility index (Phi) is 4.86. The minimum atomic E-state index is -0.988. The Balaban J connectivity index is 2.18. The van der Waals surface area contributed by atoms with Crippen molar-refractivity contribution < 1.29 is 14.6 Å². The van der Waals surface area contributed by atoms with E-state index in [-0.39, 0.29) is 0 Å². The van der Waals surface area contributed by atoms with E-state index in [4.69, 9.17) is 9.84 Å². The number of nitrogens with zero attached hydrogens (tertiary/aromatic N) is 2. The number of fused-ring (bicyclic) bond motifs is 1. The molecule has 0 unspecified atom stereocenters. The molecule has 0 saturated heterocycles. The number of ether oxygens (including phenoxy) is 1. The Morgan fingerprint density at radius 3 is 3.26 bits per heavy atom. The summed E-state index contributed by atoms with van der Waals surface area (Å²) in [5.74, 6) is 1.44. The van der Waals surface area contributed by atoms with Crippen LogP contribution in [-0.4, -0.2) is 38.6 Å². The average Bonchev–Trinajstić information content (AvgIpc) is 2.93. The summed E-state index contributed by atoms with van der Waals surface area (Å²) in [6.45, 7) is 2.66. The molecule has 0 aliphatic rings. The molecule has 0 fully saturated rings. The van der Waals surface area contributed by atoms with Gasteiger partial charge in [0.1, 0.15) is 5.69 Å². The van der Waals surface area contributed by atoms with Gasteiger partial charge in [0.15, 0.2) is 4.96 Å². The van der Waals surface area contributed by atoms with Crippen LogP contribution in [0, 0.1) is 0 Å². The molecule has 7 heteroatoms. The molecular formula is C12H14N2O3S2. The van der Waals surface area contributed by atoms with Gasteiger partial charge in [-0.25, -0.2) is 4.79 Å². The van der Waals surface area contributed by atoms with Crippen molar-refractivity contribution in [2.45, 2.75) is 6.92 Å². The molecule has 0 atom stereocenters. The number of carboxylic acid groups (broad SMARTS) is 1. The first-order valence-electron chi connectivity index (χ1n) is 5.79. The van der Waals surface area contributed by atoms with E-state index in [0.717, 1.165) is 22.5 Å². The zero-order valence-electron chi connectivity index (χ0n) is 10.4. The minimum Gasteiger partial charge on any atom is -0.478 e. The maximum absolute atomic E-state index is 10.6. The largest absolute Gasteiger partial charge is 0.478 e. The SMILES string of the molecule is CCSCCOc1nc2sccn2c1C=CC(=O)O. The maximum atomic E-state index is 10.6. The summed E-state index contributed by atoms with van der Waals surface area (Å²) in [6, 6.07) is 0. The van der Waals surface area contributed by atoms with Crippen molar-refractivity contribution in [1.82, 2.24) is 9.38 Å². The van der Waals surface area contributed by atoms with Gasteiger partial charge in [-0.2, -0.15) is 16.7 Å². The zero-order chi connectivity index (χ0) is 13.7. The lowest BCUT2D eigenvalue weighted by Crippen LogP contribution is -2.02. The van der Waals surface area contributed by atoms with Gasteiger partial charge in [-0.15, -0.1) is 11.3 Å². The zero-order valence-corrected chi connectivity index (χ0v) is 12.0. The molecule has 0 bridgehead atoms. The standard InChI is InChI=1S/C12H14N2O3S2/c1-2-18-8-6-17-11-9(3-4-10(15)16)14-5-7-19-12(14)13-11/h3-5,7H,2,6,8H2,1H3,(H,15,16). The van der Waals surface area contributed by atoms with E-state index < -0.39 is 5.97 Å². The summed E-state index contributed by atoms with van der Waals surface area (Å²) in [5, 5.41) is 10.6. The van der Waals surface area contributed by atoms with Crippen molar-refractivity contribution in [3.63, 3.8) is 0 Å². The van der Waals surface area contributed by atoms with Crippen molar-refractivity contribution in [2.24, 2.45) is 0 Å². The second kappa shape index (κ2) is 6.63. The lowest BCUT2D eigenvalue weighted by Gasteiger charge is -2.03. The van der Waals surface area contributed by atoms with Crippen LogP contribution in [0.15, 0.2) is 17.7 Å². The van der Waals surface area contributed by atoms with Gasteiger partial charge in [0.2, 0.25) is 5.88 Å². The van der Waals surface area contributed by atoms with Gasteiger partial charge < -0.3 is 9.84 Å². The summed E-state index contributed by atoms with van der Waals surface area (Å²) < 4.78 is 7.45. The third kappa shape index (κ3) is 3.51. The van der Waals surface area contributed by atoms with E-state index in [9.17, 15) is 4.79 Å². The summed E-state index contributed by atoms with van der Waals surface area (Å²) >= 11 is 3.28. The minimum absolute atomic E-state index is 0.487. The van der Waals surface area contributed by atoms with Gasteiger partial charge in [-0.3, -0.25) is 4.40 Å². The summed E-state index contributed by atoms with van der Waals surface area (Å²) in [4.78, 5) is 15.8. The molecule has 2 heterocycles. The van der Waals surface area contributed by atoms with Crippen LogP contribution < -0.4 is 4.74 Å². The van der Waals surface area contributed by atoms with E-state index in [0.29, 0.717) is 18.2 Å². The fourth-order valence-electron chi connectivity index (χ4n) is 1.53. The van der Waals surface area contributed by atoms with E-state index in [1.807, 2.05) is 16.0 Å². The van der Waals surface area contributed by atoms with E-state index in [1.165, 1.54) is 17.4 Å². The molecule has 2 aromatic heterocycles. The number of hydrogen-bond acceptors (Lipinski definition) is 5. The lowest BCUT2D eigenvalue weighted by atomic mass is 10.4. The monoisotopic (exact) mass is 298 g/mol. The van der Waals surface area contributed by atoms with Crippen LogP contribution in [0.25, 0.3) is 11.0 Å². The number of thioether (sulfide) groups is 1. The van der Waals surface area contributed by atoms with Crippen molar-refractivity contribution >= 4 is 40.1 Å². The molecule has 0 aliphatic heterocycles. The number of aromatic nitrogens is 2.